The van der Waals surface area contributed by atoms with Crippen molar-refractivity contribution in [2.24, 2.45) is 0 Å². The fourth-order valence-corrected chi connectivity index (χ4v) is 3.45. The zero-order chi connectivity index (χ0) is 17.2. The smallest absolute Gasteiger partial charge is 0.243 e. The van der Waals surface area contributed by atoms with Gasteiger partial charge in [0, 0.05) is 38.3 Å². The maximum atomic E-state index is 5.83. The van der Waals surface area contributed by atoms with Crippen LogP contribution in [0.4, 0.5) is 0 Å². The van der Waals surface area contributed by atoms with Gasteiger partial charge in [-0.1, -0.05) is 17.3 Å². The summed E-state index contributed by atoms with van der Waals surface area (Å²) in [5.41, 5.74) is 1.20. The molecule has 0 spiro atoms. The summed E-state index contributed by atoms with van der Waals surface area (Å²) in [5, 5.41) is 3.90. The molecule has 0 N–H and O–H groups in total. The average Bonchev–Trinajstić information content (AvgIpc) is 3.08. The lowest BCUT2D eigenvalue weighted by Crippen LogP contribution is -2.46. The van der Waals surface area contributed by atoms with Gasteiger partial charge in [0.1, 0.15) is 13.2 Å². The molecule has 3 heterocycles. The number of benzene rings is 1. The zero-order valence-corrected chi connectivity index (χ0v) is 14.8. The first-order valence-corrected chi connectivity index (χ1v) is 8.85. The van der Waals surface area contributed by atoms with E-state index >= 15 is 0 Å². The Bertz CT molecular complexity index is 725. The molecule has 0 saturated carbocycles. The monoisotopic (exact) mass is 344 g/mol. The van der Waals surface area contributed by atoms with Crippen LogP contribution in [0.3, 0.4) is 0 Å². The molecule has 1 unspecified atom stereocenters. The fraction of sp³-hybridized carbons (Fsp3) is 0.556. The van der Waals surface area contributed by atoms with Crippen LogP contribution in [-0.2, 0) is 6.54 Å². The SMILES string of the molecule is Cc1noc(C(C)N2CCN(Cc3cccc4c3OCCO4)CC2)n1. The van der Waals surface area contributed by atoms with Gasteiger partial charge in [0.25, 0.3) is 0 Å². The van der Waals surface area contributed by atoms with Crippen LogP contribution in [0.25, 0.3) is 0 Å². The Balaban J connectivity index is 1.36. The first kappa shape index (κ1) is 16.4. The highest BCUT2D eigenvalue weighted by Gasteiger charge is 2.26. The van der Waals surface area contributed by atoms with Crippen molar-refractivity contribution in [2.45, 2.75) is 26.4 Å². The Morgan fingerprint density at radius 1 is 1.12 bits per heavy atom. The average molecular weight is 344 g/mol. The topological polar surface area (TPSA) is 63.9 Å². The Labute approximate surface area is 147 Å². The van der Waals surface area contributed by atoms with E-state index in [9.17, 15) is 0 Å². The summed E-state index contributed by atoms with van der Waals surface area (Å²) >= 11 is 0. The minimum Gasteiger partial charge on any atom is -0.486 e. The van der Waals surface area contributed by atoms with Crippen LogP contribution in [0.15, 0.2) is 22.7 Å². The first-order chi connectivity index (χ1) is 12.2. The predicted octanol–water partition coefficient (Wildman–Crippen LogP) is 2.03. The molecule has 0 radical (unpaired) electrons. The normalized spacial score (nSPS) is 19.8. The number of nitrogens with zero attached hydrogens (tertiary/aromatic N) is 4. The number of rotatable bonds is 4. The number of ether oxygens (including phenoxy) is 2. The molecule has 0 amide bonds. The molecule has 4 rings (SSSR count). The van der Waals surface area contributed by atoms with E-state index in [0.717, 1.165) is 44.2 Å². The zero-order valence-electron chi connectivity index (χ0n) is 14.8. The number of piperazine rings is 1. The molecule has 25 heavy (non-hydrogen) atoms. The van der Waals surface area contributed by atoms with Gasteiger partial charge in [-0.2, -0.15) is 4.98 Å². The highest BCUT2D eigenvalue weighted by atomic mass is 16.6. The van der Waals surface area contributed by atoms with Gasteiger partial charge in [-0.3, -0.25) is 9.80 Å². The van der Waals surface area contributed by atoms with E-state index < -0.39 is 0 Å². The van der Waals surface area contributed by atoms with Gasteiger partial charge < -0.3 is 14.0 Å². The molecular weight excluding hydrogens is 320 g/mol. The molecule has 1 fully saturated rings. The van der Waals surface area contributed by atoms with E-state index in [1.807, 2.05) is 19.1 Å². The van der Waals surface area contributed by atoms with E-state index in [4.69, 9.17) is 14.0 Å². The van der Waals surface area contributed by atoms with Crippen molar-refractivity contribution < 1.29 is 14.0 Å². The van der Waals surface area contributed by atoms with Crippen molar-refractivity contribution in [3.05, 3.63) is 35.5 Å². The molecule has 1 aromatic carbocycles. The van der Waals surface area contributed by atoms with Crippen LogP contribution in [0.2, 0.25) is 0 Å². The van der Waals surface area contributed by atoms with Gasteiger partial charge in [0.15, 0.2) is 17.3 Å². The first-order valence-electron chi connectivity index (χ1n) is 8.85. The molecule has 0 aliphatic carbocycles. The van der Waals surface area contributed by atoms with Crippen molar-refractivity contribution in [2.75, 3.05) is 39.4 Å². The number of para-hydroxylation sites is 1. The van der Waals surface area contributed by atoms with Gasteiger partial charge in [-0.25, -0.2) is 0 Å². The molecule has 1 saturated heterocycles. The number of hydrogen-bond donors (Lipinski definition) is 0. The molecule has 1 aromatic heterocycles. The van der Waals surface area contributed by atoms with Gasteiger partial charge in [-0.15, -0.1) is 0 Å². The van der Waals surface area contributed by atoms with Crippen LogP contribution >= 0.6 is 0 Å². The van der Waals surface area contributed by atoms with Crippen molar-refractivity contribution in [1.82, 2.24) is 19.9 Å². The highest BCUT2D eigenvalue weighted by Crippen LogP contribution is 2.34. The third kappa shape index (κ3) is 3.48. The Morgan fingerprint density at radius 2 is 1.92 bits per heavy atom. The largest absolute Gasteiger partial charge is 0.486 e. The number of aromatic nitrogens is 2. The van der Waals surface area contributed by atoms with E-state index in [0.29, 0.717) is 24.9 Å². The number of fused-ring (bicyclic) bond motifs is 1. The molecule has 1 atom stereocenters. The summed E-state index contributed by atoms with van der Waals surface area (Å²) < 4.78 is 16.8. The summed E-state index contributed by atoms with van der Waals surface area (Å²) in [7, 11) is 0. The van der Waals surface area contributed by atoms with Crippen LogP contribution in [-0.4, -0.2) is 59.3 Å². The Kier molecular flexibility index (Phi) is 4.59. The minimum atomic E-state index is 0.157. The molecule has 2 aliphatic rings. The second kappa shape index (κ2) is 7.01. The maximum absolute atomic E-state index is 5.83. The van der Waals surface area contributed by atoms with Crippen molar-refractivity contribution in [3.8, 4) is 11.5 Å². The predicted molar refractivity (Wildman–Crippen MR) is 91.7 cm³/mol. The van der Waals surface area contributed by atoms with Crippen molar-refractivity contribution in [3.63, 3.8) is 0 Å². The van der Waals surface area contributed by atoms with Crippen molar-refractivity contribution in [1.29, 1.82) is 0 Å². The van der Waals surface area contributed by atoms with E-state index in [1.165, 1.54) is 5.56 Å². The molecule has 7 nitrogen and oxygen atoms in total. The van der Waals surface area contributed by atoms with Crippen LogP contribution in [0.5, 0.6) is 11.5 Å². The fourth-order valence-electron chi connectivity index (χ4n) is 3.45. The second-order valence-electron chi connectivity index (χ2n) is 6.61. The van der Waals surface area contributed by atoms with Gasteiger partial charge in [0.2, 0.25) is 5.89 Å². The standard InChI is InChI=1S/C18H24N4O3/c1-13(18-19-14(2)20-25-18)22-8-6-21(7-9-22)12-15-4-3-5-16-17(15)24-11-10-23-16/h3-5,13H,6-12H2,1-2H3. The number of hydrogen-bond acceptors (Lipinski definition) is 7. The molecule has 2 aliphatic heterocycles. The maximum Gasteiger partial charge on any atom is 0.243 e. The molecule has 7 heteroatoms. The summed E-state index contributed by atoms with van der Waals surface area (Å²) in [5.74, 6) is 3.17. The van der Waals surface area contributed by atoms with E-state index in [-0.39, 0.29) is 6.04 Å². The lowest BCUT2D eigenvalue weighted by molar-refractivity contribution is 0.0832. The summed E-state index contributed by atoms with van der Waals surface area (Å²) in [6.45, 7) is 10.1. The van der Waals surface area contributed by atoms with Gasteiger partial charge in [-0.05, 0) is 19.9 Å². The Morgan fingerprint density at radius 3 is 2.68 bits per heavy atom. The minimum absolute atomic E-state index is 0.157. The summed E-state index contributed by atoms with van der Waals surface area (Å²) in [4.78, 5) is 9.20. The lowest BCUT2D eigenvalue weighted by Gasteiger charge is -2.37. The van der Waals surface area contributed by atoms with Gasteiger partial charge in [0.05, 0.1) is 6.04 Å². The van der Waals surface area contributed by atoms with Crippen LogP contribution < -0.4 is 9.47 Å². The number of aryl methyl sites for hydroxylation is 1. The third-order valence-electron chi connectivity index (χ3n) is 4.90. The third-order valence-corrected chi connectivity index (χ3v) is 4.90. The summed E-state index contributed by atoms with van der Waals surface area (Å²) in [6, 6.07) is 6.30. The molecule has 2 aromatic rings. The van der Waals surface area contributed by atoms with Gasteiger partial charge >= 0.3 is 0 Å². The lowest BCUT2D eigenvalue weighted by atomic mass is 10.1. The van der Waals surface area contributed by atoms with Crippen LogP contribution in [0.1, 0.15) is 30.2 Å². The van der Waals surface area contributed by atoms with E-state index in [1.54, 1.807) is 0 Å². The Hall–Kier alpha value is -2.12. The molecule has 0 bridgehead atoms. The quantitative estimate of drug-likeness (QED) is 0.841. The highest BCUT2D eigenvalue weighted by molar-refractivity contribution is 5.47. The second-order valence-corrected chi connectivity index (χ2v) is 6.61. The van der Waals surface area contributed by atoms with Crippen molar-refractivity contribution >= 4 is 0 Å². The summed E-state index contributed by atoms with van der Waals surface area (Å²) in [6.07, 6.45) is 0. The molecular formula is C18H24N4O3. The van der Waals surface area contributed by atoms with Crippen LogP contribution in [0, 0.1) is 6.92 Å². The van der Waals surface area contributed by atoms with E-state index in [2.05, 4.69) is 32.9 Å². The molecule has 134 valence electrons.